The molecule has 11 rings (SSSR count). The summed E-state index contributed by atoms with van der Waals surface area (Å²) in [7, 11) is 0. The molecule has 0 amide bonds. The lowest BCUT2D eigenvalue weighted by Gasteiger charge is -2.31. The van der Waals surface area contributed by atoms with Gasteiger partial charge >= 0.3 is 0 Å². The number of para-hydroxylation sites is 1. The number of anilines is 2. The first kappa shape index (κ1) is 31.8. The Kier molecular flexibility index (Phi) is 7.53. The van der Waals surface area contributed by atoms with E-state index in [-0.39, 0.29) is 0 Å². The van der Waals surface area contributed by atoms with Crippen LogP contribution >= 0.6 is 11.3 Å². The van der Waals surface area contributed by atoms with E-state index in [9.17, 15) is 0 Å². The Hall–Kier alpha value is -6.68. The van der Waals surface area contributed by atoms with Crippen molar-refractivity contribution < 1.29 is 0 Å². The molecule has 8 aromatic carbocycles. The first-order valence-corrected chi connectivity index (χ1v) is 19.9. The molecule has 260 valence electrons. The third-order valence-corrected chi connectivity index (χ3v) is 12.4. The highest BCUT2D eigenvalue weighted by Gasteiger charge is 2.22. The lowest BCUT2D eigenvalue weighted by Crippen LogP contribution is -2.18. The molecule has 0 radical (unpaired) electrons. The van der Waals surface area contributed by atoms with Gasteiger partial charge in [-0.1, -0.05) is 127 Å². The summed E-state index contributed by atoms with van der Waals surface area (Å²) in [6, 6.07) is 66.6. The van der Waals surface area contributed by atoms with Crippen LogP contribution < -0.4 is 4.90 Å². The molecule has 0 fully saturated rings. The van der Waals surface area contributed by atoms with Crippen molar-refractivity contribution in [2.45, 2.75) is 12.8 Å². The largest absolute Gasteiger partial charge is 0.314 e. The standard InChI is InChI=1S/C52H36N2S/c1-2-11-35(12-3-1)36-21-27-41(28-22-36)53(48-18-10-20-51-52(48)45-16-7-9-19-50(45)55-51)42-29-23-37(24-30-42)38-25-31-43(32-26-38)54-47-17-8-6-15-44(47)46-33-39-13-4-5-14-40(39)34-49(46)54/h1-23,25-29,31-34H,24,30H2. The van der Waals surface area contributed by atoms with E-state index in [1.54, 1.807) is 0 Å². The third kappa shape index (κ3) is 5.39. The highest BCUT2D eigenvalue weighted by Crippen LogP contribution is 2.45. The number of aromatic nitrogens is 1. The lowest BCUT2D eigenvalue weighted by atomic mass is 9.94. The SMILES string of the molecule is C1=C(c2ccc(-n3c4ccccc4c4cc5ccccc5cc43)cc2)CCC(N(c2ccc(-c3ccccc3)cc2)c2cccc3sc4ccccc4c23)=C1. The fourth-order valence-corrected chi connectivity index (χ4v) is 9.77. The predicted molar refractivity (Wildman–Crippen MR) is 237 cm³/mol. The molecule has 2 heterocycles. The molecule has 0 spiro atoms. The van der Waals surface area contributed by atoms with Gasteiger partial charge in [-0.3, -0.25) is 0 Å². The highest BCUT2D eigenvalue weighted by molar-refractivity contribution is 7.26. The average molecular weight is 721 g/mol. The third-order valence-electron chi connectivity index (χ3n) is 11.3. The van der Waals surface area contributed by atoms with Crippen LogP contribution in [-0.4, -0.2) is 4.57 Å². The summed E-state index contributed by atoms with van der Waals surface area (Å²) in [5.41, 5.74) is 12.4. The molecule has 0 atom stereocenters. The zero-order chi connectivity index (χ0) is 36.3. The normalized spacial score (nSPS) is 13.2. The lowest BCUT2D eigenvalue weighted by molar-refractivity contribution is 0.932. The van der Waals surface area contributed by atoms with Crippen LogP contribution in [0.4, 0.5) is 11.4 Å². The summed E-state index contributed by atoms with van der Waals surface area (Å²) in [5.74, 6) is 0. The van der Waals surface area contributed by atoms with Crippen molar-refractivity contribution in [2.75, 3.05) is 4.90 Å². The van der Waals surface area contributed by atoms with Gasteiger partial charge in [0.25, 0.3) is 0 Å². The van der Waals surface area contributed by atoms with Crippen molar-refractivity contribution in [2.24, 2.45) is 0 Å². The van der Waals surface area contributed by atoms with Gasteiger partial charge in [0.2, 0.25) is 0 Å². The molecule has 0 bridgehead atoms. The number of nitrogens with zero attached hydrogens (tertiary/aromatic N) is 2. The van der Waals surface area contributed by atoms with Crippen molar-refractivity contribution in [1.82, 2.24) is 4.57 Å². The van der Waals surface area contributed by atoms with Crippen LogP contribution in [0.15, 0.2) is 200 Å². The number of allylic oxidation sites excluding steroid dienone is 4. The van der Waals surface area contributed by atoms with Crippen molar-refractivity contribution in [3.63, 3.8) is 0 Å². The molecule has 3 heteroatoms. The Morgan fingerprint density at radius 1 is 0.455 bits per heavy atom. The summed E-state index contributed by atoms with van der Waals surface area (Å²) in [4.78, 5) is 2.50. The molecule has 0 unspecified atom stereocenters. The maximum absolute atomic E-state index is 2.50. The topological polar surface area (TPSA) is 8.17 Å². The van der Waals surface area contributed by atoms with Crippen LogP contribution in [0.5, 0.6) is 0 Å². The molecular weight excluding hydrogens is 685 g/mol. The molecule has 0 N–H and O–H groups in total. The molecule has 10 aromatic rings. The Morgan fingerprint density at radius 2 is 1.13 bits per heavy atom. The number of fused-ring (bicyclic) bond motifs is 7. The van der Waals surface area contributed by atoms with Gasteiger partial charge < -0.3 is 9.47 Å². The monoisotopic (exact) mass is 720 g/mol. The van der Waals surface area contributed by atoms with Gasteiger partial charge in [-0.25, -0.2) is 0 Å². The fraction of sp³-hybridized carbons (Fsp3) is 0.0385. The second-order valence-electron chi connectivity index (χ2n) is 14.5. The van der Waals surface area contributed by atoms with Crippen molar-refractivity contribution >= 4 is 81.0 Å². The quantitative estimate of drug-likeness (QED) is 0.166. The number of hydrogen-bond acceptors (Lipinski definition) is 2. The zero-order valence-electron chi connectivity index (χ0n) is 30.2. The van der Waals surface area contributed by atoms with E-state index >= 15 is 0 Å². The molecule has 0 saturated carbocycles. The van der Waals surface area contributed by atoms with E-state index in [4.69, 9.17) is 0 Å². The van der Waals surface area contributed by atoms with E-state index in [2.05, 4.69) is 204 Å². The van der Waals surface area contributed by atoms with Gasteiger partial charge in [0.1, 0.15) is 0 Å². The minimum absolute atomic E-state index is 0.937. The number of rotatable bonds is 6. The summed E-state index contributed by atoms with van der Waals surface area (Å²) in [6.07, 6.45) is 6.60. The smallest absolute Gasteiger partial charge is 0.0551 e. The van der Waals surface area contributed by atoms with E-state index in [0.717, 1.165) is 12.8 Å². The minimum Gasteiger partial charge on any atom is -0.314 e. The van der Waals surface area contributed by atoms with Crippen LogP contribution in [0, 0.1) is 0 Å². The van der Waals surface area contributed by atoms with Gasteiger partial charge in [-0.15, -0.1) is 11.3 Å². The molecular formula is C52H36N2S. The van der Waals surface area contributed by atoms with Gasteiger partial charge in [0.05, 0.1) is 16.7 Å². The minimum atomic E-state index is 0.937. The van der Waals surface area contributed by atoms with Crippen molar-refractivity contribution in [1.29, 1.82) is 0 Å². The van der Waals surface area contributed by atoms with Crippen LogP contribution in [0.2, 0.25) is 0 Å². The Morgan fingerprint density at radius 3 is 1.93 bits per heavy atom. The van der Waals surface area contributed by atoms with Gasteiger partial charge in [-0.2, -0.15) is 0 Å². The number of benzene rings is 8. The van der Waals surface area contributed by atoms with Crippen molar-refractivity contribution in [3.8, 4) is 16.8 Å². The first-order valence-electron chi connectivity index (χ1n) is 19.1. The average Bonchev–Trinajstić information content (AvgIpc) is 3.80. The van der Waals surface area contributed by atoms with Crippen LogP contribution in [-0.2, 0) is 0 Å². The Balaban J connectivity index is 0.986. The van der Waals surface area contributed by atoms with Gasteiger partial charge in [0.15, 0.2) is 0 Å². The van der Waals surface area contributed by atoms with Gasteiger partial charge in [0, 0.05) is 48.0 Å². The first-order chi connectivity index (χ1) is 27.3. The van der Waals surface area contributed by atoms with Gasteiger partial charge in [-0.05, 0) is 113 Å². The highest BCUT2D eigenvalue weighted by atomic mass is 32.1. The molecule has 0 aliphatic heterocycles. The van der Waals surface area contributed by atoms with Crippen molar-refractivity contribution in [3.05, 3.63) is 205 Å². The van der Waals surface area contributed by atoms with E-state index < -0.39 is 0 Å². The van der Waals surface area contributed by atoms with E-state index in [1.807, 2.05) is 11.3 Å². The molecule has 0 saturated heterocycles. The Bertz CT molecular complexity index is 3130. The van der Waals surface area contributed by atoms with E-state index in [0.29, 0.717) is 0 Å². The van der Waals surface area contributed by atoms with E-state index in [1.165, 1.54) is 97.8 Å². The second-order valence-corrected chi connectivity index (χ2v) is 15.5. The van der Waals surface area contributed by atoms with Crippen LogP contribution in [0.1, 0.15) is 18.4 Å². The summed E-state index contributed by atoms with van der Waals surface area (Å²) in [5, 5.41) is 7.73. The molecule has 2 nitrogen and oxygen atoms in total. The summed E-state index contributed by atoms with van der Waals surface area (Å²) >= 11 is 1.87. The summed E-state index contributed by atoms with van der Waals surface area (Å²) < 4.78 is 5.06. The van der Waals surface area contributed by atoms with Crippen LogP contribution in [0.25, 0.3) is 75.1 Å². The molecule has 1 aliphatic rings. The number of thiophene rings is 1. The Labute approximate surface area is 324 Å². The zero-order valence-corrected chi connectivity index (χ0v) is 31.0. The molecule has 55 heavy (non-hydrogen) atoms. The second kappa shape index (κ2) is 13.0. The fourth-order valence-electron chi connectivity index (χ4n) is 8.65. The maximum Gasteiger partial charge on any atom is 0.0551 e. The molecule has 2 aromatic heterocycles. The van der Waals surface area contributed by atoms with Crippen LogP contribution in [0.3, 0.4) is 0 Å². The predicted octanol–water partition coefficient (Wildman–Crippen LogP) is 14.9. The molecule has 1 aliphatic carbocycles. The number of hydrogen-bond donors (Lipinski definition) is 0. The summed E-state index contributed by atoms with van der Waals surface area (Å²) in [6.45, 7) is 0. The maximum atomic E-state index is 2.50.